The van der Waals surface area contributed by atoms with E-state index in [1.807, 2.05) is 23.6 Å². The van der Waals surface area contributed by atoms with Crippen LogP contribution in [0.15, 0.2) is 46.3 Å². The van der Waals surface area contributed by atoms with E-state index in [4.69, 9.17) is 5.73 Å². The summed E-state index contributed by atoms with van der Waals surface area (Å²) < 4.78 is 1.90. The minimum atomic E-state index is -1.20. The number of pyridine rings is 2. The number of hydrogen-bond acceptors (Lipinski definition) is 5. The standard InChI is InChI=1S/C18H15N3O3S/c1-9-8-25-17-11(10-2-5-14(19)20-6-10)3-4-12-15(17)21(9)7-13(16(12)22)18(23)24/h2-7,9H,8H2,1H3,(H2,19,20)(H,23,24)/t9-/m0/s1. The van der Waals surface area contributed by atoms with Crippen LogP contribution in [0.1, 0.15) is 23.3 Å². The first kappa shape index (κ1) is 15.7. The highest BCUT2D eigenvalue weighted by atomic mass is 32.2. The molecule has 0 fully saturated rings. The van der Waals surface area contributed by atoms with Crippen molar-refractivity contribution in [2.24, 2.45) is 0 Å². The summed E-state index contributed by atoms with van der Waals surface area (Å²) in [5, 5.41) is 9.77. The second-order valence-corrected chi connectivity index (χ2v) is 7.08. The highest BCUT2D eigenvalue weighted by Crippen LogP contribution is 2.42. The zero-order valence-electron chi connectivity index (χ0n) is 13.4. The van der Waals surface area contributed by atoms with Crippen molar-refractivity contribution in [1.29, 1.82) is 0 Å². The first-order valence-corrected chi connectivity index (χ1v) is 8.76. The number of carboxylic acids is 1. The van der Waals surface area contributed by atoms with Crippen LogP contribution in [0, 0.1) is 0 Å². The van der Waals surface area contributed by atoms with E-state index in [0.717, 1.165) is 27.3 Å². The Morgan fingerprint density at radius 1 is 1.36 bits per heavy atom. The van der Waals surface area contributed by atoms with Crippen LogP contribution < -0.4 is 11.2 Å². The number of hydrogen-bond donors (Lipinski definition) is 2. The molecular weight excluding hydrogens is 338 g/mol. The summed E-state index contributed by atoms with van der Waals surface area (Å²) in [6.45, 7) is 2.02. The van der Waals surface area contributed by atoms with E-state index in [0.29, 0.717) is 11.2 Å². The summed E-state index contributed by atoms with van der Waals surface area (Å²) in [7, 11) is 0. The summed E-state index contributed by atoms with van der Waals surface area (Å²) in [6.07, 6.45) is 3.17. The van der Waals surface area contributed by atoms with Gasteiger partial charge in [0.15, 0.2) is 0 Å². The number of thioether (sulfide) groups is 1. The molecule has 3 N–H and O–H groups in total. The Kier molecular flexibility index (Phi) is 3.54. The van der Waals surface area contributed by atoms with Gasteiger partial charge in [-0.2, -0.15) is 0 Å². The fourth-order valence-corrected chi connectivity index (χ4v) is 4.40. The molecule has 0 spiro atoms. The van der Waals surface area contributed by atoms with E-state index >= 15 is 0 Å². The maximum atomic E-state index is 12.6. The highest BCUT2D eigenvalue weighted by molar-refractivity contribution is 7.99. The average molecular weight is 353 g/mol. The minimum absolute atomic E-state index is 0.0958. The van der Waals surface area contributed by atoms with Gasteiger partial charge in [-0.15, -0.1) is 11.8 Å². The fraction of sp³-hybridized carbons (Fsp3) is 0.167. The van der Waals surface area contributed by atoms with Crippen LogP contribution in [0.25, 0.3) is 22.0 Å². The Bertz CT molecular complexity index is 1070. The molecule has 1 atom stereocenters. The van der Waals surface area contributed by atoms with Gasteiger partial charge in [0, 0.05) is 40.0 Å². The molecule has 1 aliphatic rings. The van der Waals surface area contributed by atoms with Crippen LogP contribution in [0.2, 0.25) is 0 Å². The van der Waals surface area contributed by atoms with Crippen molar-refractivity contribution in [3.05, 3.63) is 52.4 Å². The molecule has 6 nitrogen and oxygen atoms in total. The molecule has 0 bridgehead atoms. The third kappa shape index (κ3) is 2.39. The SMILES string of the molecule is C[C@H]1CSc2c(-c3ccc(N)nc3)ccc3c(=O)c(C(=O)O)cn1c23. The van der Waals surface area contributed by atoms with E-state index in [1.165, 1.54) is 6.20 Å². The Morgan fingerprint density at radius 3 is 2.84 bits per heavy atom. The number of benzene rings is 1. The van der Waals surface area contributed by atoms with Crippen LogP contribution >= 0.6 is 11.8 Å². The maximum Gasteiger partial charge on any atom is 0.341 e. The average Bonchev–Trinajstić information content (AvgIpc) is 2.60. The number of nitrogens with two attached hydrogens (primary N) is 1. The molecule has 25 heavy (non-hydrogen) atoms. The minimum Gasteiger partial charge on any atom is -0.477 e. The number of aromatic nitrogens is 2. The fourth-order valence-electron chi connectivity index (χ4n) is 3.14. The molecule has 0 unspecified atom stereocenters. The van der Waals surface area contributed by atoms with Gasteiger partial charge < -0.3 is 15.4 Å². The van der Waals surface area contributed by atoms with Gasteiger partial charge in [0.2, 0.25) is 5.43 Å². The lowest BCUT2D eigenvalue weighted by molar-refractivity contribution is 0.0694. The van der Waals surface area contributed by atoms with Crippen molar-refractivity contribution in [2.45, 2.75) is 17.9 Å². The maximum absolute atomic E-state index is 12.6. The third-order valence-electron chi connectivity index (χ3n) is 4.42. The summed E-state index contributed by atoms with van der Waals surface area (Å²) in [5.74, 6) is 0.0422. The lowest BCUT2D eigenvalue weighted by Gasteiger charge is -2.27. The predicted molar refractivity (Wildman–Crippen MR) is 98.2 cm³/mol. The molecule has 1 aliphatic heterocycles. The number of carbonyl (C=O) groups is 1. The number of aromatic carboxylic acids is 1. The van der Waals surface area contributed by atoms with Gasteiger partial charge in [0.1, 0.15) is 11.4 Å². The molecule has 0 saturated heterocycles. The monoisotopic (exact) mass is 353 g/mol. The molecule has 0 aliphatic carbocycles. The van der Waals surface area contributed by atoms with Gasteiger partial charge in [-0.05, 0) is 30.7 Å². The molecule has 1 aromatic carbocycles. The smallest absolute Gasteiger partial charge is 0.341 e. The second-order valence-electron chi connectivity index (χ2n) is 6.05. The first-order valence-electron chi connectivity index (χ1n) is 7.77. The van der Waals surface area contributed by atoms with E-state index in [2.05, 4.69) is 4.98 Å². The van der Waals surface area contributed by atoms with Crippen LogP contribution in [-0.2, 0) is 0 Å². The van der Waals surface area contributed by atoms with Crippen molar-refractivity contribution in [1.82, 2.24) is 9.55 Å². The van der Waals surface area contributed by atoms with Crippen molar-refractivity contribution < 1.29 is 9.90 Å². The summed E-state index contributed by atoms with van der Waals surface area (Å²) in [4.78, 5) is 29.1. The van der Waals surface area contributed by atoms with Crippen LogP contribution in [0.3, 0.4) is 0 Å². The lowest BCUT2D eigenvalue weighted by Crippen LogP contribution is -2.23. The highest BCUT2D eigenvalue weighted by Gasteiger charge is 2.25. The van der Waals surface area contributed by atoms with Gasteiger partial charge in [-0.3, -0.25) is 4.79 Å². The molecule has 0 radical (unpaired) electrons. The summed E-state index contributed by atoms with van der Waals surface area (Å²) >= 11 is 1.67. The molecule has 3 heterocycles. The third-order valence-corrected chi connectivity index (χ3v) is 5.77. The zero-order chi connectivity index (χ0) is 17.7. The molecule has 126 valence electrons. The van der Waals surface area contributed by atoms with Gasteiger partial charge in [0.25, 0.3) is 0 Å². The first-order chi connectivity index (χ1) is 12.0. The lowest BCUT2D eigenvalue weighted by atomic mass is 10.0. The van der Waals surface area contributed by atoms with Gasteiger partial charge in [-0.25, -0.2) is 9.78 Å². The van der Waals surface area contributed by atoms with Crippen LogP contribution in [0.4, 0.5) is 5.82 Å². The van der Waals surface area contributed by atoms with Crippen LogP contribution in [0.5, 0.6) is 0 Å². The number of carboxylic acid groups (broad SMARTS) is 1. The van der Waals surface area contributed by atoms with Gasteiger partial charge in [-0.1, -0.05) is 6.07 Å². The topological polar surface area (TPSA) is 98.2 Å². The molecule has 3 aromatic rings. The molecule has 0 saturated carbocycles. The Labute approximate surface area is 147 Å². The Balaban J connectivity index is 2.09. The van der Waals surface area contributed by atoms with E-state index in [9.17, 15) is 14.7 Å². The second kappa shape index (κ2) is 5.63. The quantitative estimate of drug-likeness (QED) is 0.735. The number of nitrogens with zero attached hydrogens (tertiary/aromatic N) is 2. The van der Waals surface area contributed by atoms with E-state index < -0.39 is 11.4 Å². The number of rotatable bonds is 2. The largest absolute Gasteiger partial charge is 0.477 e. The zero-order valence-corrected chi connectivity index (χ0v) is 14.2. The predicted octanol–water partition coefficient (Wildman–Crippen LogP) is 3.01. The molecule has 2 aromatic heterocycles. The number of nitrogen functional groups attached to an aromatic ring is 1. The Hall–Kier alpha value is -2.80. The molecule has 7 heteroatoms. The van der Waals surface area contributed by atoms with Gasteiger partial charge >= 0.3 is 5.97 Å². The van der Waals surface area contributed by atoms with E-state index in [-0.39, 0.29) is 11.6 Å². The van der Waals surface area contributed by atoms with Crippen LogP contribution in [-0.4, -0.2) is 26.4 Å². The molecular formula is C18H15N3O3S. The summed E-state index contributed by atoms with van der Waals surface area (Å²) in [5.41, 5.74) is 7.69. The normalized spacial score (nSPS) is 16.1. The number of anilines is 1. The molecule has 0 amide bonds. The molecule has 4 rings (SSSR count). The van der Waals surface area contributed by atoms with Gasteiger partial charge in [0.05, 0.1) is 5.52 Å². The Morgan fingerprint density at radius 2 is 2.16 bits per heavy atom. The summed E-state index contributed by atoms with van der Waals surface area (Å²) in [6, 6.07) is 7.29. The van der Waals surface area contributed by atoms with Crippen molar-refractivity contribution in [2.75, 3.05) is 11.5 Å². The van der Waals surface area contributed by atoms with Crippen molar-refractivity contribution in [3.63, 3.8) is 0 Å². The van der Waals surface area contributed by atoms with Crippen molar-refractivity contribution >= 4 is 34.5 Å². The van der Waals surface area contributed by atoms with E-state index in [1.54, 1.807) is 30.1 Å². The van der Waals surface area contributed by atoms with Crippen molar-refractivity contribution in [3.8, 4) is 11.1 Å².